The third kappa shape index (κ3) is 5.21. The van der Waals surface area contributed by atoms with E-state index in [2.05, 4.69) is 25.4 Å². The van der Waals surface area contributed by atoms with E-state index in [1.807, 2.05) is 47.8 Å². The maximum atomic E-state index is 12.7. The number of hydrogen-bond acceptors (Lipinski definition) is 5. The quantitative estimate of drug-likeness (QED) is 0.366. The molecule has 0 saturated carbocycles. The summed E-state index contributed by atoms with van der Waals surface area (Å²) in [6, 6.07) is 17.0. The molecule has 0 aliphatic carbocycles. The average molecular weight is 421 g/mol. The van der Waals surface area contributed by atoms with Crippen LogP contribution in [-0.2, 0) is 9.53 Å². The lowest BCUT2D eigenvalue weighted by Gasteiger charge is -2.18. The third-order valence-electron chi connectivity index (χ3n) is 4.55. The Balaban J connectivity index is 1.66. The zero-order valence-corrected chi connectivity index (χ0v) is 17.9. The fourth-order valence-electron chi connectivity index (χ4n) is 2.84. The van der Waals surface area contributed by atoms with Crippen LogP contribution in [0, 0.1) is 0 Å². The summed E-state index contributed by atoms with van der Waals surface area (Å²) >= 11 is 1.36. The molecule has 2 aromatic carbocycles. The minimum absolute atomic E-state index is 0.279. The molecule has 0 spiro atoms. The Morgan fingerprint density at radius 1 is 1.13 bits per heavy atom. The van der Waals surface area contributed by atoms with Crippen LogP contribution in [0.5, 0.6) is 0 Å². The van der Waals surface area contributed by atoms with E-state index in [-0.39, 0.29) is 19.1 Å². The van der Waals surface area contributed by atoms with Crippen LogP contribution in [0.25, 0.3) is 11.3 Å². The Kier molecular flexibility index (Phi) is 7.14. The van der Waals surface area contributed by atoms with Gasteiger partial charge in [0.05, 0.1) is 11.3 Å². The number of amides is 1. The van der Waals surface area contributed by atoms with Gasteiger partial charge >= 0.3 is 5.97 Å². The van der Waals surface area contributed by atoms with Gasteiger partial charge < -0.3 is 4.74 Å². The van der Waals surface area contributed by atoms with Gasteiger partial charge in [-0.2, -0.15) is 0 Å². The van der Waals surface area contributed by atoms with Crippen molar-refractivity contribution in [2.24, 2.45) is 0 Å². The molecule has 0 N–H and O–H groups in total. The van der Waals surface area contributed by atoms with Crippen LogP contribution in [0.3, 0.4) is 0 Å². The second-order valence-corrected chi connectivity index (χ2v) is 7.86. The molecule has 0 aliphatic heterocycles. The zero-order chi connectivity index (χ0) is 21.5. The van der Waals surface area contributed by atoms with Crippen molar-refractivity contribution in [1.82, 2.24) is 4.98 Å². The van der Waals surface area contributed by atoms with E-state index in [4.69, 9.17) is 4.74 Å². The molecule has 1 amide bonds. The first kappa shape index (κ1) is 21.5. The number of thiazole rings is 1. The Hall–Kier alpha value is -3.25. The van der Waals surface area contributed by atoms with Gasteiger partial charge in [-0.15, -0.1) is 17.9 Å². The van der Waals surface area contributed by atoms with Crippen molar-refractivity contribution in [2.45, 2.75) is 19.8 Å². The molecule has 0 unspecified atom stereocenters. The van der Waals surface area contributed by atoms with E-state index in [0.29, 0.717) is 16.6 Å². The molecular weight excluding hydrogens is 396 g/mol. The molecule has 0 saturated heterocycles. The highest BCUT2D eigenvalue weighted by Gasteiger charge is 2.20. The summed E-state index contributed by atoms with van der Waals surface area (Å²) in [5, 5.41) is 2.44. The van der Waals surface area contributed by atoms with Crippen molar-refractivity contribution in [2.75, 3.05) is 18.1 Å². The van der Waals surface area contributed by atoms with Crippen molar-refractivity contribution >= 4 is 28.3 Å². The summed E-state index contributed by atoms with van der Waals surface area (Å²) in [6.45, 7) is 7.80. The van der Waals surface area contributed by atoms with Crippen LogP contribution in [0.15, 0.2) is 72.6 Å². The number of anilines is 1. The van der Waals surface area contributed by atoms with Crippen LogP contribution >= 0.6 is 11.3 Å². The molecule has 0 fully saturated rings. The van der Waals surface area contributed by atoms with Gasteiger partial charge in [0.2, 0.25) is 0 Å². The highest BCUT2D eigenvalue weighted by molar-refractivity contribution is 7.14. The lowest BCUT2D eigenvalue weighted by molar-refractivity contribution is -0.121. The van der Waals surface area contributed by atoms with E-state index >= 15 is 0 Å². The minimum atomic E-state index is -0.527. The SMILES string of the molecule is C=CCN(C(=O)COC(=O)c1ccc(C(C)C)cc1)c1nc(-c2ccccc2)cs1. The molecule has 0 aliphatic rings. The Morgan fingerprint density at radius 3 is 2.47 bits per heavy atom. The number of ether oxygens (including phenoxy) is 1. The third-order valence-corrected chi connectivity index (χ3v) is 5.41. The fraction of sp³-hybridized carbons (Fsp3) is 0.208. The molecule has 0 bridgehead atoms. The lowest BCUT2D eigenvalue weighted by Crippen LogP contribution is -2.34. The number of carbonyl (C=O) groups is 2. The van der Waals surface area contributed by atoms with Crippen LogP contribution in [0.2, 0.25) is 0 Å². The van der Waals surface area contributed by atoms with Crippen molar-refractivity contribution in [1.29, 1.82) is 0 Å². The summed E-state index contributed by atoms with van der Waals surface area (Å²) in [4.78, 5) is 31.1. The summed E-state index contributed by atoms with van der Waals surface area (Å²) in [5.41, 5.74) is 3.32. The van der Waals surface area contributed by atoms with Gasteiger partial charge in [-0.3, -0.25) is 9.69 Å². The molecule has 1 aromatic heterocycles. The van der Waals surface area contributed by atoms with E-state index < -0.39 is 5.97 Å². The van der Waals surface area contributed by atoms with Crippen molar-refractivity contribution in [3.05, 3.63) is 83.8 Å². The second-order valence-electron chi connectivity index (χ2n) is 7.03. The van der Waals surface area contributed by atoms with E-state index in [1.54, 1.807) is 18.2 Å². The number of rotatable bonds is 8. The van der Waals surface area contributed by atoms with Crippen LogP contribution in [0.4, 0.5) is 5.13 Å². The first-order chi connectivity index (χ1) is 14.5. The predicted molar refractivity (Wildman–Crippen MR) is 121 cm³/mol. The highest BCUT2D eigenvalue weighted by Crippen LogP contribution is 2.27. The van der Waals surface area contributed by atoms with Gasteiger partial charge in [-0.1, -0.05) is 62.4 Å². The van der Waals surface area contributed by atoms with Crippen LogP contribution in [0.1, 0.15) is 35.7 Å². The predicted octanol–water partition coefficient (Wildman–Crippen LogP) is 5.31. The minimum Gasteiger partial charge on any atom is -0.452 e. The van der Waals surface area contributed by atoms with Gasteiger partial charge in [0, 0.05) is 17.5 Å². The van der Waals surface area contributed by atoms with E-state index in [9.17, 15) is 9.59 Å². The smallest absolute Gasteiger partial charge is 0.338 e. The number of nitrogens with zero attached hydrogens (tertiary/aromatic N) is 2. The van der Waals surface area contributed by atoms with Gasteiger partial charge in [0.15, 0.2) is 11.7 Å². The summed E-state index contributed by atoms with van der Waals surface area (Å²) in [5.74, 6) is -0.500. The summed E-state index contributed by atoms with van der Waals surface area (Å²) < 4.78 is 5.24. The standard InChI is InChI=1S/C24H24N2O3S/c1-4-14-26(24-25-21(16-30-24)19-8-6-5-7-9-19)22(27)15-29-23(28)20-12-10-18(11-13-20)17(2)3/h4-13,16-17H,1,14-15H2,2-3H3. The monoisotopic (exact) mass is 420 g/mol. The van der Waals surface area contributed by atoms with Gasteiger partial charge in [-0.25, -0.2) is 9.78 Å². The Morgan fingerprint density at radius 2 is 1.83 bits per heavy atom. The zero-order valence-electron chi connectivity index (χ0n) is 17.1. The van der Waals surface area contributed by atoms with Gasteiger partial charge in [-0.05, 0) is 23.6 Å². The summed E-state index contributed by atoms with van der Waals surface area (Å²) in [7, 11) is 0. The molecule has 5 nitrogen and oxygen atoms in total. The molecule has 0 radical (unpaired) electrons. The van der Waals surface area contributed by atoms with Crippen LogP contribution < -0.4 is 4.90 Å². The first-order valence-corrected chi connectivity index (χ1v) is 10.6. The Labute approximate surface area is 180 Å². The molecule has 3 rings (SSSR count). The second kappa shape index (κ2) is 9.98. The normalized spacial score (nSPS) is 10.6. The van der Waals surface area contributed by atoms with Gasteiger partial charge in [0.1, 0.15) is 0 Å². The van der Waals surface area contributed by atoms with E-state index in [1.165, 1.54) is 16.2 Å². The van der Waals surface area contributed by atoms with Crippen molar-refractivity contribution in [3.63, 3.8) is 0 Å². The molecule has 30 heavy (non-hydrogen) atoms. The molecule has 0 atom stereocenters. The molecule has 6 heteroatoms. The highest BCUT2D eigenvalue weighted by atomic mass is 32.1. The number of benzene rings is 2. The molecule has 1 heterocycles. The summed E-state index contributed by atoms with van der Waals surface area (Å²) in [6.07, 6.45) is 1.62. The maximum Gasteiger partial charge on any atom is 0.338 e. The maximum absolute atomic E-state index is 12.7. The fourth-order valence-corrected chi connectivity index (χ4v) is 3.70. The lowest BCUT2D eigenvalue weighted by atomic mass is 10.0. The van der Waals surface area contributed by atoms with Gasteiger partial charge in [0.25, 0.3) is 5.91 Å². The van der Waals surface area contributed by atoms with Crippen molar-refractivity contribution < 1.29 is 14.3 Å². The number of carbonyl (C=O) groups excluding carboxylic acids is 2. The topological polar surface area (TPSA) is 59.5 Å². The molecule has 3 aromatic rings. The van der Waals surface area contributed by atoms with E-state index in [0.717, 1.165) is 16.8 Å². The number of aromatic nitrogens is 1. The van der Waals surface area contributed by atoms with Crippen molar-refractivity contribution in [3.8, 4) is 11.3 Å². The average Bonchev–Trinajstić information content (AvgIpc) is 3.26. The van der Waals surface area contributed by atoms with Crippen LogP contribution in [-0.4, -0.2) is 30.0 Å². The molecule has 154 valence electrons. The number of hydrogen-bond donors (Lipinski definition) is 0. The number of esters is 1. The largest absolute Gasteiger partial charge is 0.452 e. The first-order valence-electron chi connectivity index (χ1n) is 9.69. The molecular formula is C24H24N2O3S. The Bertz CT molecular complexity index is 1010.